The molecule has 0 aromatic heterocycles. The van der Waals surface area contributed by atoms with E-state index >= 15 is 0 Å². The summed E-state index contributed by atoms with van der Waals surface area (Å²) in [6.07, 6.45) is 1.84. The molecule has 1 amide bonds. The van der Waals surface area contributed by atoms with Crippen LogP contribution in [0.25, 0.3) is 0 Å². The smallest absolute Gasteiger partial charge is 0.294 e. The highest BCUT2D eigenvalue weighted by Gasteiger charge is 2.40. The van der Waals surface area contributed by atoms with E-state index in [1.54, 1.807) is 11.9 Å². The van der Waals surface area contributed by atoms with Crippen molar-refractivity contribution in [1.82, 2.24) is 10.0 Å². The molecule has 0 aliphatic carbocycles. The Kier molecular flexibility index (Phi) is 3.04. The number of benzene rings is 1. The first-order chi connectivity index (χ1) is 10.0. The number of amides is 1. The normalized spacial score (nSPS) is 20.3. The topological polar surface area (TPSA) is 100 Å². The monoisotopic (exact) mass is 288 g/mol. The van der Waals surface area contributed by atoms with E-state index in [1.807, 2.05) is 0 Å². The Balaban J connectivity index is 2.02. The predicted molar refractivity (Wildman–Crippen MR) is 77.0 cm³/mol. The summed E-state index contributed by atoms with van der Waals surface area (Å²) < 4.78 is 0. The number of rotatable bonds is 1. The molecule has 2 heterocycles. The van der Waals surface area contributed by atoms with Gasteiger partial charge in [0.2, 0.25) is 0 Å². The van der Waals surface area contributed by atoms with Gasteiger partial charge in [0.15, 0.2) is 11.5 Å². The fourth-order valence-corrected chi connectivity index (χ4v) is 2.54. The molecule has 0 unspecified atom stereocenters. The Labute approximate surface area is 121 Å². The summed E-state index contributed by atoms with van der Waals surface area (Å²) in [5.41, 5.74) is 0.503. The van der Waals surface area contributed by atoms with Gasteiger partial charge >= 0.3 is 0 Å². The zero-order valence-electron chi connectivity index (χ0n) is 11.6. The van der Waals surface area contributed by atoms with Crippen LogP contribution in [0.2, 0.25) is 0 Å². The van der Waals surface area contributed by atoms with Gasteiger partial charge in [-0.2, -0.15) is 0 Å². The maximum absolute atomic E-state index is 12.3. The minimum absolute atomic E-state index is 0.0253. The predicted octanol–water partition coefficient (Wildman–Crippen LogP) is 1.31. The van der Waals surface area contributed by atoms with Crippen LogP contribution >= 0.6 is 0 Å². The van der Waals surface area contributed by atoms with Crippen LogP contribution in [0.5, 0.6) is 11.5 Å². The molecule has 0 spiro atoms. The van der Waals surface area contributed by atoms with Crippen LogP contribution in [0.4, 0.5) is 5.69 Å². The van der Waals surface area contributed by atoms with Crippen LogP contribution in [0.15, 0.2) is 17.1 Å². The van der Waals surface area contributed by atoms with Crippen molar-refractivity contribution in [2.75, 3.05) is 13.1 Å². The van der Waals surface area contributed by atoms with Crippen LogP contribution in [0.1, 0.15) is 18.4 Å². The van der Waals surface area contributed by atoms with Gasteiger partial charge in [0.1, 0.15) is 17.2 Å². The summed E-state index contributed by atoms with van der Waals surface area (Å²) in [4.78, 5) is 16.4. The van der Waals surface area contributed by atoms with Gasteiger partial charge in [-0.15, -0.1) is 0 Å². The van der Waals surface area contributed by atoms with E-state index in [0.717, 1.165) is 12.8 Å². The number of phenols is 2. The molecule has 7 nitrogen and oxygen atoms in total. The molecule has 21 heavy (non-hydrogen) atoms. The van der Waals surface area contributed by atoms with Gasteiger partial charge < -0.3 is 10.2 Å². The van der Waals surface area contributed by atoms with Crippen molar-refractivity contribution >= 4 is 23.1 Å². The molecular weight excluding hydrogens is 272 g/mol. The third kappa shape index (κ3) is 2.01. The standard InChI is InChI=1S/C14H16N4O3/c1-8-10(19)5-4-9(12(8)20)16-11-13(15)17-6-2-3-7-18(17)14(11)21/h4-5,15,19-20H,2-3,6-7H2,1H3. The molecule has 0 radical (unpaired) electrons. The van der Waals surface area contributed by atoms with Gasteiger partial charge in [0, 0.05) is 18.7 Å². The fraction of sp³-hybridized carbons (Fsp3) is 0.357. The highest BCUT2D eigenvalue weighted by Crippen LogP contribution is 2.36. The Morgan fingerprint density at radius 1 is 1.19 bits per heavy atom. The number of hydrazine groups is 1. The van der Waals surface area contributed by atoms with Gasteiger partial charge in [-0.05, 0) is 31.9 Å². The first kappa shape index (κ1) is 13.4. The second-order valence-corrected chi connectivity index (χ2v) is 5.14. The number of aliphatic imine (C=N–C) groups is 1. The first-order valence-corrected chi connectivity index (χ1v) is 6.79. The zero-order valence-corrected chi connectivity index (χ0v) is 11.6. The molecule has 1 aromatic rings. The molecule has 2 aliphatic rings. The van der Waals surface area contributed by atoms with E-state index in [9.17, 15) is 15.0 Å². The van der Waals surface area contributed by atoms with E-state index in [4.69, 9.17) is 5.41 Å². The van der Waals surface area contributed by atoms with E-state index in [0.29, 0.717) is 18.7 Å². The Morgan fingerprint density at radius 2 is 1.86 bits per heavy atom. The zero-order chi connectivity index (χ0) is 15.1. The summed E-state index contributed by atoms with van der Waals surface area (Å²) in [6.45, 7) is 2.77. The number of amidine groups is 1. The van der Waals surface area contributed by atoms with E-state index in [1.165, 1.54) is 17.1 Å². The third-order valence-corrected chi connectivity index (χ3v) is 3.81. The summed E-state index contributed by atoms with van der Waals surface area (Å²) in [6, 6.07) is 2.84. The Bertz CT molecular complexity index is 642. The van der Waals surface area contributed by atoms with Crippen molar-refractivity contribution < 1.29 is 15.0 Å². The number of carbonyl (C=O) groups is 1. The van der Waals surface area contributed by atoms with Gasteiger partial charge in [0.25, 0.3) is 5.91 Å². The lowest BCUT2D eigenvalue weighted by atomic mass is 10.1. The van der Waals surface area contributed by atoms with Crippen LogP contribution in [-0.2, 0) is 4.79 Å². The molecule has 1 aromatic carbocycles. The molecule has 110 valence electrons. The number of carbonyl (C=O) groups excluding carboxylic acids is 1. The highest BCUT2D eigenvalue weighted by atomic mass is 16.3. The molecule has 3 rings (SSSR count). The number of nitrogens with zero attached hydrogens (tertiary/aromatic N) is 3. The highest BCUT2D eigenvalue weighted by molar-refractivity contribution is 6.68. The second-order valence-electron chi connectivity index (χ2n) is 5.14. The molecule has 2 fully saturated rings. The lowest BCUT2D eigenvalue weighted by Gasteiger charge is -2.32. The quantitative estimate of drug-likeness (QED) is 0.725. The second kappa shape index (κ2) is 4.76. The largest absolute Gasteiger partial charge is 0.508 e. The SMILES string of the molecule is Cc1c(O)ccc(N=C2C(=N)N3CCCCN3C2=O)c1O. The van der Waals surface area contributed by atoms with Crippen LogP contribution in [0, 0.1) is 12.3 Å². The molecule has 0 bridgehead atoms. The first-order valence-electron chi connectivity index (χ1n) is 6.79. The average Bonchev–Trinajstić information content (AvgIpc) is 2.73. The number of hydrogen-bond acceptors (Lipinski definition) is 5. The third-order valence-electron chi connectivity index (χ3n) is 3.81. The molecule has 0 saturated carbocycles. The van der Waals surface area contributed by atoms with Gasteiger partial charge in [-0.3, -0.25) is 15.2 Å². The number of aromatic hydroxyl groups is 2. The van der Waals surface area contributed by atoms with Crippen molar-refractivity contribution in [3.05, 3.63) is 17.7 Å². The molecule has 0 atom stereocenters. The minimum Gasteiger partial charge on any atom is -0.508 e. The number of nitrogens with one attached hydrogen (secondary N) is 1. The maximum Gasteiger partial charge on any atom is 0.294 e. The van der Waals surface area contributed by atoms with Crippen molar-refractivity contribution in [2.24, 2.45) is 4.99 Å². The Hall–Kier alpha value is -2.57. The van der Waals surface area contributed by atoms with Crippen LogP contribution < -0.4 is 0 Å². The summed E-state index contributed by atoms with van der Waals surface area (Å²) in [7, 11) is 0. The summed E-state index contributed by atoms with van der Waals surface area (Å²) in [5.74, 6) is -0.469. The van der Waals surface area contributed by atoms with E-state index < -0.39 is 0 Å². The number of hydrogen-bond donors (Lipinski definition) is 3. The molecule has 7 heteroatoms. The summed E-state index contributed by atoms with van der Waals surface area (Å²) in [5, 5.41) is 30.7. The number of fused-ring (bicyclic) bond motifs is 1. The lowest BCUT2D eigenvalue weighted by Crippen LogP contribution is -2.45. The van der Waals surface area contributed by atoms with Crippen molar-refractivity contribution in [1.29, 1.82) is 5.41 Å². The van der Waals surface area contributed by atoms with Gasteiger partial charge in [-0.25, -0.2) is 10.0 Å². The number of phenolic OH excluding ortho intramolecular Hbond substituents is 2. The fourth-order valence-electron chi connectivity index (χ4n) is 2.54. The van der Waals surface area contributed by atoms with Gasteiger partial charge in [0.05, 0.1) is 0 Å². The lowest BCUT2D eigenvalue weighted by molar-refractivity contribution is -0.134. The van der Waals surface area contributed by atoms with Crippen molar-refractivity contribution in [3.63, 3.8) is 0 Å². The van der Waals surface area contributed by atoms with Crippen molar-refractivity contribution in [3.8, 4) is 11.5 Å². The van der Waals surface area contributed by atoms with Crippen LogP contribution in [0.3, 0.4) is 0 Å². The minimum atomic E-state index is -0.315. The Morgan fingerprint density at radius 3 is 2.52 bits per heavy atom. The molecular formula is C14H16N4O3. The summed E-state index contributed by atoms with van der Waals surface area (Å²) >= 11 is 0. The molecule has 2 aliphatic heterocycles. The molecule has 3 N–H and O–H groups in total. The van der Waals surface area contributed by atoms with E-state index in [-0.39, 0.29) is 34.6 Å². The van der Waals surface area contributed by atoms with Crippen LogP contribution in [-0.4, -0.2) is 50.8 Å². The van der Waals surface area contributed by atoms with Gasteiger partial charge in [-0.1, -0.05) is 0 Å². The van der Waals surface area contributed by atoms with E-state index in [2.05, 4.69) is 4.99 Å². The average molecular weight is 288 g/mol. The van der Waals surface area contributed by atoms with Crippen molar-refractivity contribution in [2.45, 2.75) is 19.8 Å². The maximum atomic E-state index is 12.3. The molecule has 2 saturated heterocycles.